The first-order valence-electron chi connectivity index (χ1n) is 8.28. The summed E-state index contributed by atoms with van der Waals surface area (Å²) in [6.45, 7) is 1.10. The molecule has 0 aromatic carbocycles. The van der Waals surface area contributed by atoms with Gasteiger partial charge < -0.3 is 20.6 Å². The molecule has 4 N–H and O–H groups in total. The lowest BCUT2D eigenvalue weighted by molar-refractivity contribution is 0.269. The highest BCUT2D eigenvalue weighted by atomic mass is 16.3. The van der Waals surface area contributed by atoms with Gasteiger partial charge in [-0.2, -0.15) is 5.10 Å². The molecule has 0 saturated heterocycles. The average Bonchev–Trinajstić information content (AvgIpc) is 3.30. The Bertz CT molecular complexity index is 1040. The van der Waals surface area contributed by atoms with Crippen LogP contribution in [0.4, 0.5) is 11.5 Å². The van der Waals surface area contributed by atoms with Gasteiger partial charge in [-0.15, -0.1) is 0 Å². The topological polar surface area (TPSA) is 106 Å². The van der Waals surface area contributed by atoms with E-state index < -0.39 is 0 Å². The summed E-state index contributed by atoms with van der Waals surface area (Å²) >= 11 is 0. The number of nitrogens with one attached hydrogen (secondary N) is 1. The molecule has 0 amide bonds. The number of rotatable bonds is 6. The van der Waals surface area contributed by atoms with Gasteiger partial charge in [0.15, 0.2) is 0 Å². The molecule has 132 valence electrons. The van der Waals surface area contributed by atoms with E-state index in [4.69, 9.17) is 10.8 Å². The predicted octanol–water partition coefficient (Wildman–Crippen LogP) is 1.78. The van der Waals surface area contributed by atoms with Crippen molar-refractivity contribution in [1.29, 1.82) is 0 Å². The first kappa shape index (κ1) is 16.1. The standard InChI is InChI=1S/C18H19N7O/c19-15-2-3-16(14-10-22-25(12-14)7-8-26)23-18(15)21-9-13-1-4-17-20-5-6-24(17)11-13/h1-6,10-12,26H,7-9,19H2,(H,21,23). The minimum absolute atomic E-state index is 0.0460. The second-order valence-corrected chi connectivity index (χ2v) is 5.93. The Kier molecular flexibility index (Phi) is 4.24. The minimum atomic E-state index is 0.0460. The van der Waals surface area contributed by atoms with Crippen LogP contribution in [-0.4, -0.2) is 35.9 Å². The lowest BCUT2D eigenvalue weighted by Gasteiger charge is -2.10. The molecule has 8 heteroatoms. The maximum atomic E-state index is 9.00. The zero-order valence-corrected chi connectivity index (χ0v) is 14.1. The van der Waals surface area contributed by atoms with E-state index >= 15 is 0 Å². The molecule has 0 aliphatic rings. The highest BCUT2D eigenvalue weighted by Crippen LogP contribution is 2.23. The minimum Gasteiger partial charge on any atom is -0.396 e. The molecule has 0 aliphatic heterocycles. The molecule has 0 aliphatic carbocycles. The number of imidazole rings is 1. The smallest absolute Gasteiger partial charge is 0.150 e. The third kappa shape index (κ3) is 3.22. The molecule has 4 heterocycles. The maximum Gasteiger partial charge on any atom is 0.150 e. The molecule has 0 bridgehead atoms. The number of hydrogen-bond acceptors (Lipinski definition) is 6. The van der Waals surface area contributed by atoms with Crippen LogP contribution < -0.4 is 11.1 Å². The molecule has 8 nitrogen and oxygen atoms in total. The molecule has 0 spiro atoms. The van der Waals surface area contributed by atoms with E-state index in [0.29, 0.717) is 24.6 Å². The first-order valence-corrected chi connectivity index (χ1v) is 8.28. The van der Waals surface area contributed by atoms with Gasteiger partial charge in [-0.05, 0) is 23.8 Å². The first-order chi connectivity index (χ1) is 12.7. The molecule has 0 saturated carbocycles. The molecule has 0 fully saturated rings. The van der Waals surface area contributed by atoms with Crippen LogP contribution in [0.2, 0.25) is 0 Å². The van der Waals surface area contributed by atoms with Gasteiger partial charge in [0.05, 0.1) is 30.7 Å². The average molecular weight is 349 g/mol. The Morgan fingerprint density at radius 1 is 1.15 bits per heavy atom. The van der Waals surface area contributed by atoms with Gasteiger partial charge in [0, 0.05) is 36.9 Å². The summed E-state index contributed by atoms with van der Waals surface area (Å²) in [6, 6.07) is 7.68. The van der Waals surface area contributed by atoms with Crippen LogP contribution in [0.15, 0.2) is 55.2 Å². The Morgan fingerprint density at radius 2 is 2.08 bits per heavy atom. The summed E-state index contributed by atoms with van der Waals surface area (Å²) in [5.41, 5.74) is 10.3. The summed E-state index contributed by atoms with van der Waals surface area (Å²) in [5.74, 6) is 0.628. The van der Waals surface area contributed by atoms with E-state index in [1.165, 1.54) is 0 Å². The quantitative estimate of drug-likeness (QED) is 0.490. The molecule has 4 aromatic heterocycles. The van der Waals surface area contributed by atoms with Gasteiger partial charge in [0.25, 0.3) is 0 Å². The highest BCUT2D eigenvalue weighted by molar-refractivity contribution is 5.68. The number of hydrogen-bond donors (Lipinski definition) is 3. The van der Waals surface area contributed by atoms with Crippen LogP contribution in [0.25, 0.3) is 16.9 Å². The predicted molar refractivity (Wildman–Crippen MR) is 99.5 cm³/mol. The fraction of sp³-hybridized carbons (Fsp3) is 0.167. The zero-order valence-electron chi connectivity index (χ0n) is 14.1. The Balaban J connectivity index is 1.53. The number of pyridine rings is 2. The molecule has 26 heavy (non-hydrogen) atoms. The molecular formula is C18H19N7O. The normalized spacial score (nSPS) is 11.1. The van der Waals surface area contributed by atoms with E-state index in [9.17, 15) is 0 Å². The van der Waals surface area contributed by atoms with E-state index in [1.54, 1.807) is 17.1 Å². The summed E-state index contributed by atoms with van der Waals surface area (Å²) < 4.78 is 3.65. The third-order valence-corrected chi connectivity index (χ3v) is 4.09. The SMILES string of the molecule is Nc1ccc(-c2cnn(CCO)c2)nc1NCc1ccc2nccn2c1. The number of aromatic nitrogens is 5. The third-order valence-electron chi connectivity index (χ3n) is 4.09. The van der Waals surface area contributed by atoms with Crippen molar-refractivity contribution in [3.05, 3.63) is 60.8 Å². The number of aliphatic hydroxyl groups is 1. The number of anilines is 2. The Morgan fingerprint density at radius 3 is 2.96 bits per heavy atom. The van der Waals surface area contributed by atoms with Crippen molar-refractivity contribution in [3.63, 3.8) is 0 Å². The van der Waals surface area contributed by atoms with Gasteiger partial charge in [0.2, 0.25) is 0 Å². The summed E-state index contributed by atoms with van der Waals surface area (Å²) in [6.07, 6.45) is 9.29. The molecule has 0 atom stereocenters. The van der Waals surface area contributed by atoms with Crippen molar-refractivity contribution >= 4 is 17.2 Å². The van der Waals surface area contributed by atoms with Crippen LogP contribution in [0.1, 0.15) is 5.56 Å². The van der Waals surface area contributed by atoms with Crippen molar-refractivity contribution in [1.82, 2.24) is 24.1 Å². The second kappa shape index (κ2) is 6.85. The fourth-order valence-electron chi connectivity index (χ4n) is 2.75. The van der Waals surface area contributed by atoms with Gasteiger partial charge in [-0.25, -0.2) is 9.97 Å². The molecule has 0 unspecified atom stereocenters. The monoisotopic (exact) mass is 349 g/mol. The maximum absolute atomic E-state index is 9.00. The van der Waals surface area contributed by atoms with Crippen molar-refractivity contribution in [3.8, 4) is 11.3 Å². The van der Waals surface area contributed by atoms with E-state index in [-0.39, 0.29) is 6.61 Å². The van der Waals surface area contributed by atoms with Crippen LogP contribution in [0.3, 0.4) is 0 Å². The molecule has 4 rings (SSSR count). The number of fused-ring (bicyclic) bond motifs is 1. The van der Waals surface area contributed by atoms with Gasteiger partial charge >= 0.3 is 0 Å². The lowest BCUT2D eigenvalue weighted by atomic mass is 10.2. The zero-order chi connectivity index (χ0) is 17.9. The van der Waals surface area contributed by atoms with Gasteiger partial charge in [-0.1, -0.05) is 6.07 Å². The van der Waals surface area contributed by atoms with Gasteiger partial charge in [0.1, 0.15) is 11.5 Å². The summed E-state index contributed by atoms with van der Waals surface area (Å²) in [5, 5.41) is 16.5. The second-order valence-electron chi connectivity index (χ2n) is 5.93. The van der Waals surface area contributed by atoms with E-state index in [2.05, 4.69) is 20.4 Å². The molecular weight excluding hydrogens is 330 g/mol. The van der Waals surface area contributed by atoms with Crippen LogP contribution >= 0.6 is 0 Å². The van der Waals surface area contributed by atoms with Gasteiger partial charge in [-0.3, -0.25) is 4.68 Å². The summed E-state index contributed by atoms with van der Waals surface area (Å²) in [4.78, 5) is 8.85. The number of nitrogens with zero attached hydrogens (tertiary/aromatic N) is 5. The lowest BCUT2D eigenvalue weighted by Crippen LogP contribution is -2.06. The molecule has 0 radical (unpaired) electrons. The van der Waals surface area contributed by atoms with Crippen molar-refractivity contribution in [2.75, 3.05) is 17.7 Å². The van der Waals surface area contributed by atoms with Crippen molar-refractivity contribution in [2.24, 2.45) is 0 Å². The Hall–Kier alpha value is -3.39. The van der Waals surface area contributed by atoms with Crippen LogP contribution in [0, 0.1) is 0 Å². The number of nitrogen functional groups attached to an aromatic ring is 1. The fourth-order valence-corrected chi connectivity index (χ4v) is 2.75. The van der Waals surface area contributed by atoms with Crippen molar-refractivity contribution in [2.45, 2.75) is 13.1 Å². The highest BCUT2D eigenvalue weighted by Gasteiger charge is 2.08. The van der Waals surface area contributed by atoms with E-state index in [1.807, 2.05) is 47.3 Å². The van der Waals surface area contributed by atoms with Crippen LogP contribution in [0.5, 0.6) is 0 Å². The molecule has 4 aromatic rings. The Labute approximate surface area is 149 Å². The number of aliphatic hydroxyl groups excluding tert-OH is 1. The van der Waals surface area contributed by atoms with Crippen LogP contribution in [-0.2, 0) is 13.1 Å². The van der Waals surface area contributed by atoms with E-state index in [0.717, 1.165) is 22.5 Å². The number of nitrogens with two attached hydrogens (primary N) is 1. The largest absolute Gasteiger partial charge is 0.396 e. The summed E-state index contributed by atoms with van der Waals surface area (Å²) in [7, 11) is 0. The van der Waals surface area contributed by atoms with Crippen molar-refractivity contribution < 1.29 is 5.11 Å².